The van der Waals surface area contributed by atoms with Gasteiger partial charge in [0.05, 0.1) is 11.8 Å². The van der Waals surface area contributed by atoms with Crippen molar-refractivity contribution in [3.63, 3.8) is 0 Å². The number of nitriles is 1. The number of rotatable bonds is 4. The minimum Gasteiger partial charge on any atom is -0.433 e. The first-order valence-electron chi connectivity index (χ1n) is 4.54. The molecule has 0 heterocycles. The van der Waals surface area contributed by atoms with Gasteiger partial charge in [0, 0.05) is 8.95 Å². The Morgan fingerprint density at radius 3 is 2.72 bits per heavy atom. The average Bonchev–Trinajstić information content (AvgIpc) is 2.22. The summed E-state index contributed by atoms with van der Waals surface area (Å²) in [5, 5.41) is 10.7. The number of nitrogens with zero attached hydrogens (tertiary/aromatic N) is 1. The number of alkyl halides is 2. The van der Waals surface area contributed by atoms with Gasteiger partial charge in [-0.2, -0.15) is 14.0 Å². The van der Waals surface area contributed by atoms with Crippen molar-refractivity contribution in [2.45, 2.75) is 13.0 Å². The molecule has 0 fully saturated rings. The number of nitrogens with one attached hydrogen (secondary N) is 1. The van der Waals surface area contributed by atoms with Gasteiger partial charge in [0.15, 0.2) is 5.75 Å². The first-order valence-corrected chi connectivity index (χ1v) is 6.13. The Morgan fingerprint density at radius 1 is 1.50 bits per heavy atom. The Morgan fingerprint density at radius 2 is 2.17 bits per heavy atom. The van der Waals surface area contributed by atoms with Crippen LogP contribution >= 0.6 is 31.9 Å². The highest BCUT2D eigenvalue weighted by Gasteiger charge is 2.16. The number of benzene rings is 1. The van der Waals surface area contributed by atoms with Gasteiger partial charge < -0.3 is 10.1 Å². The van der Waals surface area contributed by atoms with E-state index in [1.54, 1.807) is 12.1 Å². The van der Waals surface area contributed by atoms with E-state index in [9.17, 15) is 13.6 Å². The molecule has 1 N–H and O–H groups in total. The standard InChI is InChI=1S/C10H6Br2F2N2O2/c11-5-3-6(12)9(16-8(17)1-2-15)7(4-5)18-10(13)14/h3-4,10H,1H2,(H,16,17). The number of carbonyl (C=O) groups is 1. The van der Waals surface area contributed by atoms with Crippen LogP contribution in [0.25, 0.3) is 0 Å². The quantitative estimate of drug-likeness (QED) is 0.862. The fraction of sp³-hybridized carbons (Fsp3) is 0.200. The summed E-state index contributed by atoms with van der Waals surface area (Å²) in [5.41, 5.74) is 0.0544. The van der Waals surface area contributed by atoms with E-state index in [-0.39, 0.29) is 17.9 Å². The minimum absolute atomic E-state index is 0.0544. The average molecular weight is 384 g/mol. The third-order valence-corrected chi connectivity index (χ3v) is 2.82. The molecule has 0 saturated carbocycles. The van der Waals surface area contributed by atoms with Crippen LogP contribution in [0, 0.1) is 11.3 Å². The summed E-state index contributed by atoms with van der Waals surface area (Å²) in [5.74, 6) is -0.808. The zero-order chi connectivity index (χ0) is 13.7. The zero-order valence-corrected chi connectivity index (χ0v) is 11.9. The van der Waals surface area contributed by atoms with E-state index >= 15 is 0 Å². The molecule has 0 spiro atoms. The summed E-state index contributed by atoms with van der Waals surface area (Å²) in [4.78, 5) is 11.3. The highest BCUT2D eigenvalue weighted by atomic mass is 79.9. The first kappa shape index (κ1) is 14.9. The van der Waals surface area contributed by atoms with Gasteiger partial charge in [-0.15, -0.1) is 0 Å². The lowest BCUT2D eigenvalue weighted by molar-refractivity contribution is -0.115. The van der Waals surface area contributed by atoms with Crippen LogP contribution in [0.1, 0.15) is 6.42 Å². The molecular formula is C10H6Br2F2N2O2. The number of hydrogen-bond donors (Lipinski definition) is 1. The van der Waals surface area contributed by atoms with E-state index in [2.05, 4.69) is 41.9 Å². The van der Waals surface area contributed by atoms with Crippen molar-refractivity contribution in [2.24, 2.45) is 0 Å². The molecular weight excluding hydrogens is 378 g/mol. The second-order valence-corrected chi connectivity index (χ2v) is 4.79. The molecule has 96 valence electrons. The smallest absolute Gasteiger partial charge is 0.387 e. The zero-order valence-electron chi connectivity index (χ0n) is 8.71. The Bertz CT molecular complexity index is 503. The van der Waals surface area contributed by atoms with Crippen LogP contribution in [0.15, 0.2) is 21.1 Å². The molecule has 0 radical (unpaired) electrons. The van der Waals surface area contributed by atoms with Gasteiger partial charge in [-0.25, -0.2) is 0 Å². The van der Waals surface area contributed by atoms with Crippen LogP contribution in [-0.2, 0) is 4.79 Å². The van der Waals surface area contributed by atoms with Gasteiger partial charge in [0.25, 0.3) is 0 Å². The van der Waals surface area contributed by atoms with Crippen LogP contribution in [0.5, 0.6) is 5.75 Å². The number of amides is 1. The Balaban J connectivity index is 3.07. The van der Waals surface area contributed by atoms with Crippen molar-refractivity contribution < 1.29 is 18.3 Å². The molecule has 0 bridgehead atoms. The molecule has 0 aliphatic carbocycles. The Hall–Kier alpha value is -1.20. The van der Waals surface area contributed by atoms with Crippen molar-refractivity contribution in [2.75, 3.05) is 5.32 Å². The third kappa shape index (κ3) is 4.23. The van der Waals surface area contributed by atoms with E-state index in [1.165, 1.54) is 6.07 Å². The molecule has 0 unspecified atom stereocenters. The Labute approximate surface area is 118 Å². The van der Waals surface area contributed by atoms with Crippen molar-refractivity contribution in [3.8, 4) is 11.8 Å². The molecule has 1 aromatic carbocycles. The number of hydrogen-bond acceptors (Lipinski definition) is 3. The van der Waals surface area contributed by atoms with Crippen LogP contribution in [0.3, 0.4) is 0 Å². The maximum absolute atomic E-state index is 12.2. The van der Waals surface area contributed by atoms with Gasteiger partial charge in [-0.1, -0.05) is 15.9 Å². The summed E-state index contributed by atoms with van der Waals surface area (Å²) in [6, 6.07) is 4.50. The predicted molar refractivity (Wildman–Crippen MR) is 67.3 cm³/mol. The van der Waals surface area contributed by atoms with Crippen LogP contribution in [0.2, 0.25) is 0 Å². The van der Waals surface area contributed by atoms with E-state index in [0.717, 1.165) is 0 Å². The van der Waals surface area contributed by atoms with E-state index in [4.69, 9.17) is 5.26 Å². The lowest BCUT2D eigenvalue weighted by Gasteiger charge is -2.13. The number of halogens is 4. The van der Waals surface area contributed by atoms with Crippen LogP contribution in [0.4, 0.5) is 14.5 Å². The summed E-state index contributed by atoms with van der Waals surface area (Å²) >= 11 is 6.23. The van der Waals surface area contributed by atoms with Crippen LogP contribution < -0.4 is 10.1 Å². The molecule has 18 heavy (non-hydrogen) atoms. The first-order chi connectivity index (χ1) is 8.43. The molecule has 0 aliphatic rings. The second-order valence-electron chi connectivity index (χ2n) is 3.02. The fourth-order valence-corrected chi connectivity index (χ4v) is 2.40. The minimum atomic E-state index is -3.02. The van der Waals surface area contributed by atoms with E-state index < -0.39 is 12.5 Å². The maximum Gasteiger partial charge on any atom is 0.387 e. The number of carbonyl (C=O) groups excluding carboxylic acids is 1. The highest BCUT2D eigenvalue weighted by molar-refractivity contribution is 9.11. The van der Waals surface area contributed by atoms with E-state index in [1.807, 2.05) is 0 Å². The summed E-state index contributed by atoms with van der Waals surface area (Å²) in [6.45, 7) is -3.02. The molecule has 4 nitrogen and oxygen atoms in total. The van der Waals surface area contributed by atoms with Crippen molar-refractivity contribution in [1.29, 1.82) is 5.26 Å². The maximum atomic E-state index is 12.2. The second kappa shape index (κ2) is 6.66. The highest BCUT2D eigenvalue weighted by Crippen LogP contribution is 2.37. The molecule has 0 saturated heterocycles. The predicted octanol–water partition coefficient (Wildman–Crippen LogP) is 3.67. The fourth-order valence-electron chi connectivity index (χ4n) is 1.12. The van der Waals surface area contributed by atoms with Crippen molar-refractivity contribution >= 4 is 43.5 Å². The lowest BCUT2D eigenvalue weighted by Crippen LogP contribution is -2.13. The van der Waals surface area contributed by atoms with Gasteiger partial charge in [-0.05, 0) is 28.1 Å². The molecule has 1 aromatic rings. The molecule has 0 atom stereocenters. The monoisotopic (exact) mass is 382 g/mol. The number of ether oxygens (including phenoxy) is 1. The van der Waals surface area contributed by atoms with Crippen molar-refractivity contribution in [1.82, 2.24) is 0 Å². The molecule has 1 rings (SSSR count). The summed E-state index contributed by atoms with van der Waals surface area (Å²) < 4.78 is 29.6. The largest absolute Gasteiger partial charge is 0.433 e. The molecule has 8 heteroatoms. The summed E-state index contributed by atoms with van der Waals surface area (Å²) in [6.07, 6.45) is -0.378. The topological polar surface area (TPSA) is 62.1 Å². The van der Waals surface area contributed by atoms with E-state index in [0.29, 0.717) is 8.95 Å². The van der Waals surface area contributed by atoms with Gasteiger partial charge in [0.1, 0.15) is 6.42 Å². The third-order valence-electron chi connectivity index (χ3n) is 1.74. The molecule has 1 amide bonds. The molecule has 0 aromatic heterocycles. The lowest BCUT2D eigenvalue weighted by atomic mass is 10.3. The van der Waals surface area contributed by atoms with Crippen molar-refractivity contribution in [3.05, 3.63) is 21.1 Å². The Kier molecular flexibility index (Phi) is 5.50. The normalized spacial score (nSPS) is 10.0. The summed E-state index contributed by atoms with van der Waals surface area (Å²) in [7, 11) is 0. The SMILES string of the molecule is N#CCC(=O)Nc1c(Br)cc(Br)cc1OC(F)F. The van der Waals surface area contributed by atoms with Gasteiger partial charge >= 0.3 is 6.61 Å². The number of anilines is 1. The molecule has 0 aliphatic heterocycles. The van der Waals surface area contributed by atoms with Crippen LogP contribution in [-0.4, -0.2) is 12.5 Å². The van der Waals surface area contributed by atoms with Gasteiger partial charge in [-0.3, -0.25) is 4.79 Å². The van der Waals surface area contributed by atoms with Gasteiger partial charge in [0.2, 0.25) is 5.91 Å².